The Kier molecular flexibility index (Phi) is 2.97. The van der Waals surface area contributed by atoms with Gasteiger partial charge in [-0.2, -0.15) is 0 Å². The number of aliphatic carboxylic acids is 1. The van der Waals surface area contributed by atoms with Crippen LogP contribution in [0.15, 0.2) is 12.1 Å². The number of carboxylic acids is 1. The number of anilines is 1. The predicted molar refractivity (Wildman–Crippen MR) is 63.1 cm³/mol. The van der Waals surface area contributed by atoms with Crippen LogP contribution < -0.4 is 11.1 Å². The molecule has 86 valence electrons. The molecule has 0 radical (unpaired) electrons. The molecule has 1 heterocycles. The molecule has 0 spiro atoms. The van der Waals surface area contributed by atoms with E-state index in [0.29, 0.717) is 22.2 Å². The SMILES string of the molecule is NC1CC(C(=O)O)Nc2cc(Cl)cc(Cl)c21. The number of carboxylic acid groups (broad SMARTS) is 1. The quantitative estimate of drug-likeness (QED) is 0.724. The van der Waals surface area contributed by atoms with E-state index in [2.05, 4.69) is 5.32 Å². The normalized spacial score (nSPS) is 23.4. The van der Waals surface area contributed by atoms with Gasteiger partial charge in [0.2, 0.25) is 0 Å². The monoisotopic (exact) mass is 260 g/mol. The molecule has 6 heteroatoms. The van der Waals surface area contributed by atoms with Crippen LogP contribution in [-0.4, -0.2) is 17.1 Å². The summed E-state index contributed by atoms with van der Waals surface area (Å²) < 4.78 is 0. The van der Waals surface area contributed by atoms with E-state index in [-0.39, 0.29) is 6.04 Å². The minimum absolute atomic E-state index is 0.309. The van der Waals surface area contributed by atoms with Crippen molar-refractivity contribution in [1.29, 1.82) is 0 Å². The number of nitrogens with one attached hydrogen (secondary N) is 1. The number of benzene rings is 1. The van der Waals surface area contributed by atoms with Crippen LogP contribution in [0.3, 0.4) is 0 Å². The topological polar surface area (TPSA) is 75.4 Å². The van der Waals surface area contributed by atoms with Gasteiger partial charge >= 0.3 is 5.97 Å². The first-order valence-corrected chi connectivity index (χ1v) is 5.48. The van der Waals surface area contributed by atoms with Crippen molar-refractivity contribution in [1.82, 2.24) is 0 Å². The summed E-state index contributed by atoms with van der Waals surface area (Å²) in [4.78, 5) is 10.9. The van der Waals surface area contributed by atoms with Crippen LogP contribution >= 0.6 is 23.2 Å². The second-order valence-corrected chi connectivity index (χ2v) is 4.57. The first-order valence-electron chi connectivity index (χ1n) is 4.73. The highest BCUT2D eigenvalue weighted by Crippen LogP contribution is 2.38. The molecule has 0 aromatic heterocycles. The summed E-state index contributed by atoms with van der Waals surface area (Å²) in [6.45, 7) is 0. The van der Waals surface area contributed by atoms with Gasteiger partial charge in [-0.1, -0.05) is 23.2 Å². The minimum atomic E-state index is -0.933. The van der Waals surface area contributed by atoms with E-state index in [1.165, 1.54) is 0 Å². The summed E-state index contributed by atoms with van der Waals surface area (Å²) in [6.07, 6.45) is 0.309. The van der Waals surface area contributed by atoms with Gasteiger partial charge in [0, 0.05) is 27.3 Å². The first-order chi connectivity index (χ1) is 7.49. The van der Waals surface area contributed by atoms with Gasteiger partial charge in [-0.3, -0.25) is 0 Å². The average Bonchev–Trinajstić information content (AvgIpc) is 2.15. The Bertz CT molecular complexity index is 451. The molecule has 16 heavy (non-hydrogen) atoms. The average molecular weight is 261 g/mol. The molecule has 4 N–H and O–H groups in total. The summed E-state index contributed by atoms with van der Waals surface area (Å²) in [7, 11) is 0. The molecule has 1 aromatic rings. The maximum atomic E-state index is 10.9. The van der Waals surface area contributed by atoms with Crippen LogP contribution in [0.2, 0.25) is 10.0 Å². The number of rotatable bonds is 1. The van der Waals surface area contributed by atoms with E-state index in [4.69, 9.17) is 34.0 Å². The first kappa shape index (κ1) is 11.5. The number of halogens is 2. The fourth-order valence-electron chi connectivity index (χ4n) is 1.86. The Morgan fingerprint density at radius 2 is 2.19 bits per heavy atom. The highest BCUT2D eigenvalue weighted by atomic mass is 35.5. The highest BCUT2D eigenvalue weighted by Gasteiger charge is 2.30. The molecule has 4 nitrogen and oxygen atoms in total. The van der Waals surface area contributed by atoms with Crippen LogP contribution in [0.1, 0.15) is 18.0 Å². The summed E-state index contributed by atoms with van der Waals surface area (Å²) >= 11 is 11.9. The largest absolute Gasteiger partial charge is 0.480 e. The zero-order valence-corrected chi connectivity index (χ0v) is 9.72. The number of carbonyl (C=O) groups is 1. The van der Waals surface area contributed by atoms with Gasteiger partial charge in [-0.05, 0) is 18.6 Å². The second kappa shape index (κ2) is 4.13. The van der Waals surface area contributed by atoms with Crippen LogP contribution in [0.5, 0.6) is 0 Å². The van der Waals surface area contributed by atoms with Crippen molar-refractivity contribution in [3.8, 4) is 0 Å². The van der Waals surface area contributed by atoms with E-state index >= 15 is 0 Å². The number of nitrogens with two attached hydrogens (primary N) is 1. The van der Waals surface area contributed by atoms with Gasteiger partial charge in [0.1, 0.15) is 6.04 Å². The number of fused-ring (bicyclic) bond motifs is 1. The van der Waals surface area contributed by atoms with Crippen molar-refractivity contribution in [3.05, 3.63) is 27.7 Å². The molecule has 2 rings (SSSR count). The molecule has 1 aliphatic heterocycles. The van der Waals surface area contributed by atoms with Crippen molar-refractivity contribution in [2.45, 2.75) is 18.5 Å². The summed E-state index contributed by atoms with van der Waals surface area (Å²) in [5, 5.41) is 12.7. The van der Waals surface area contributed by atoms with Gasteiger partial charge in [0.25, 0.3) is 0 Å². The van der Waals surface area contributed by atoms with E-state index in [1.807, 2.05) is 0 Å². The Hall–Kier alpha value is -0.970. The maximum Gasteiger partial charge on any atom is 0.326 e. The van der Waals surface area contributed by atoms with Gasteiger partial charge in [0.05, 0.1) is 0 Å². The van der Waals surface area contributed by atoms with Gasteiger partial charge < -0.3 is 16.2 Å². The van der Waals surface area contributed by atoms with Crippen LogP contribution in [0.4, 0.5) is 5.69 Å². The molecule has 0 bridgehead atoms. The molecule has 0 saturated carbocycles. The molecule has 0 aliphatic carbocycles. The lowest BCUT2D eigenvalue weighted by Crippen LogP contribution is -2.37. The summed E-state index contributed by atoms with van der Waals surface area (Å²) in [6, 6.07) is 2.15. The maximum absolute atomic E-state index is 10.9. The van der Waals surface area contributed by atoms with Crippen LogP contribution in [0, 0.1) is 0 Å². The molecule has 1 aromatic carbocycles. The zero-order valence-electron chi connectivity index (χ0n) is 8.21. The van der Waals surface area contributed by atoms with Gasteiger partial charge in [0.15, 0.2) is 0 Å². The predicted octanol–water partition coefficient (Wildman–Crippen LogP) is 2.26. The van der Waals surface area contributed by atoms with Gasteiger partial charge in [-0.25, -0.2) is 4.79 Å². The molecular formula is C10H10Cl2N2O2. The lowest BCUT2D eigenvalue weighted by atomic mass is 9.93. The Labute approximate surface area is 102 Å². The molecule has 0 fully saturated rings. The van der Waals surface area contributed by atoms with Crippen LogP contribution in [-0.2, 0) is 4.79 Å². The fourth-order valence-corrected chi connectivity index (χ4v) is 2.50. The van der Waals surface area contributed by atoms with E-state index < -0.39 is 12.0 Å². The standard InChI is InChI=1S/C10H10Cl2N2O2/c11-4-1-5(12)9-6(13)3-8(10(15)16)14-7(9)2-4/h1-2,6,8,14H,3,13H2,(H,15,16). The fraction of sp³-hybridized carbons (Fsp3) is 0.300. The van der Waals surface area contributed by atoms with Crippen molar-refractivity contribution >= 4 is 34.9 Å². The second-order valence-electron chi connectivity index (χ2n) is 3.73. The molecule has 2 atom stereocenters. The van der Waals surface area contributed by atoms with E-state index in [0.717, 1.165) is 5.56 Å². The highest BCUT2D eigenvalue weighted by molar-refractivity contribution is 6.35. The van der Waals surface area contributed by atoms with E-state index in [1.54, 1.807) is 12.1 Å². The zero-order chi connectivity index (χ0) is 11.9. The number of hydrogen-bond donors (Lipinski definition) is 3. The summed E-state index contributed by atoms with van der Waals surface area (Å²) in [5.41, 5.74) is 7.22. The third-order valence-corrected chi connectivity index (χ3v) is 3.11. The smallest absolute Gasteiger partial charge is 0.326 e. The molecule has 2 unspecified atom stereocenters. The third kappa shape index (κ3) is 1.96. The van der Waals surface area contributed by atoms with Crippen LogP contribution in [0.25, 0.3) is 0 Å². The van der Waals surface area contributed by atoms with E-state index in [9.17, 15) is 4.79 Å². The molecule has 0 saturated heterocycles. The van der Waals surface area contributed by atoms with Crippen molar-refractivity contribution in [2.75, 3.05) is 5.32 Å². The number of hydrogen-bond acceptors (Lipinski definition) is 3. The lowest BCUT2D eigenvalue weighted by molar-refractivity contribution is -0.138. The Morgan fingerprint density at radius 3 is 2.81 bits per heavy atom. The van der Waals surface area contributed by atoms with Crippen molar-refractivity contribution < 1.29 is 9.90 Å². The van der Waals surface area contributed by atoms with Crippen molar-refractivity contribution in [3.63, 3.8) is 0 Å². The molecule has 1 aliphatic rings. The molecular weight excluding hydrogens is 251 g/mol. The minimum Gasteiger partial charge on any atom is -0.480 e. The Morgan fingerprint density at radius 1 is 1.50 bits per heavy atom. The molecule has 0 amide bonds. The third-order valence-electron chi connectivity index (χ3n) is 2.58. The van der Waals surface area contributed by atoms with Gasteiger partial charge in [-0.15, -0.1) is 0 Å². The van der Waals surface area contributed by atoms with Crippen molar-refractivity contribution in [2.24, 2.45) is 5.73 Å². The lowest BCUT2D eigenvalue weighted by Gasteiger charge is -2.29. The summed E-state index contributed by atoms with van der Waals surface area (Å²) in [5.74, 6) is -0.933. The Balaban J connectivity index is 2.46.